The number of urea groups is 1. The second-order valence-electron chi connectivity index (χ2n) is 4.63. The summed E-state index contributed by atoms with van der Waals surface area (Å²) < 4.78 is 0. The van der Waals surface area contributed by atoms with Gasteiger partial charge in [-0.15, -0.1) is 0 Å². The number of carbonyl (C=O) groups excluding carboxylic acids is 3. The van der Waals surface area contributed by atoms with Gasteiger partial charge in [-0.3, -0.25) is 19.4 Å². The molecule has 2 heterocycles. The highest BCUT2D eigenvalue weighted by Crippen LogP contribution is 2.24. The van der Waals surface area contributed by atoms with Crippen LogP contribution in [0.1, 0.15) is 19.8 Å². The number of amides is 4. The van der Waals surface area contributed by atoms with Crippen LogP contribution in [-0.4, -0.2) is 47.1 Å². The molecule has 2 rings (SSSR count). The summed E-state index contributed by atoms with van der Waals surface area (Å²) in [5.41, 5.74) is -0.162. The van der Waals surface area contributed by atoms with E-state index in [2.05, 4.69) is 4.99 Å². The minimum absolute atomic E-state index is 0.0942. The van der Waals surface area contributed by atoms with Crippen LogP contribution < -0.4 is 0 Å². The number of imide groups is 1. The summed E-state index contributed by atoms with van der Waals surface area (Å²) in [6.07, 6.45) is 2.84. The molecule has 0 radical (unpaired) electrons. The molecule has 0 aliphatic carbocycles. The molecule has 1 saturated heterocycles. The normalized spacial score (nSPS) is 22.2. The number of nitriles is 1. The lowest BCUT2D eigenvalue weighted by Gasteiger charge is -2.37. The summed E-state index contributed by atoms with van der Waals surface area (Å²) in [7, 11) is 1.47. The number of carbonyl (C=O) groups is 3. The molecule has 20 heavy (non-hydrogen) atoms. The minimum atomic E-state index is -0.832. The second kappa shape index (κ2) is 5.25. The Labute approximate surface area is 116 Å². The second-order valence-corrected chi connectivity index (χ2v) is 4.63. The van der Waals surface area contributed by atoms with Crippen molar-refractivity contribution in [2.24, 2.45) is 10.9 Å². The fourth-order valence-corrected chi connectivity index (χ4v) is 2.16. The molecule has 0 saturated carbocycles. The fraction of sp³-hybridized carbons (Fsp3) is 0.462. The zero-order chi connectivity index (χ0) is 14.9. The molecule has 0 N–H and O–H groups in total. The molecule has 0 bridgehead atoms. The fourth-order valence-electron chi connectivity index (χ4n) is 2.16. The molecule has 4 amide bonds. The Morgan fingerprint density at radius 2 is 2.10 bits per heavy atom. The van der Waals surface area contributed by atoms with Crippen LogP contribution in [0.15, 0.2) is 16.6 Å². The van der Waals surface area contributed by atoms with Gasteiger partial charge in [-0.05, 0) is 12.5 Å². The lowest BCUT2D eigenvalue weighted by Crippen LogP contribution is -2.59. The molecule has 7 nitrogen and oxygen atoms in total. The molecule has 2 aliphatic heterocycles. The Bertz CT molecular complexity index is 585. The molecule has 7 heteroatoms. The maximum atomic E-state index is 12.3. The van der Waals surface area contributed by atoms with E-state index < -0.39 is 23.8 Å². The first-order valence-corrected chi connectivity index (χ1v) is 6.35. The highest BCUT2D eigenvalue weighted by atomic mass is 16.2. The zero-order valence-electron chi connectivity index (χ0n) is 11.3. The van der Waals surface area contributed by atoms with E-state index in [1.54, 1.807) is 6.07 Å². The number of amidine groups is 1. The van der Waals surface area contributed by atoms with E-state index in [9.17, 15) is 14.4 Å². The molecular formula is C13H14N4O3. The number of unbranched alkanes of at least 4 members (excludes halogenated alkanes) is 1. The summed E-state index contributed by atoms with van der Waals surface area (Å²) in [6.45, 7) is 2.29. The van der Waals surface area contributed by atoms with Crippen molar-refractivity contribution in [2.45, 2.75) is 19.8 Å². The lowest BCUT2D eigenvalue weighted by atomic mass is 9.97. The highest BCUT2D eigenvalue weighted by Gasteiger charge is 2.43. The predicted molar refractivity (Wildman–Crippen MR) is 69.4 cm³/mol. The molecule has 0 aromatic carbocycles. The quantitative estimate of drug-likeness (QED) is 0.756. The van der Waals surface area contributed by atoms with Gasteiger partial charge in [0.25, 0.3) is 5.91 Å². The predicted octanol–water partition coefficient (Wildman–Crippen LogP) is 0.685. The standard InChI is InChI=1S/C13H14N4O3/c1-3-4-5-17-12(19)9-6-8(7-14)11(18)15-10(9)16(2)13(17)20/h6,9H,3-5H2,1-2H3. The number of hydrogen-bond donors (Lipinski definition) is 0. The van der Waals surface area contributed by atoms with Gasteiger partial charge in [-0.2, -0.15) is 10.3 Å². The van der Waals surface area contributed by atoms with E-state index in [0.29, 0.717) is 13.0 Å². The number of aliphatic imine (C=N–C) groups is 1. The van der Waals surface area contributed by atoms with E-state index in [0.717, 1.165) is 11.3 Å². The van der Waals surface area contributed by atoms with E-state index in [1.807, 2.05) is 6.92 Å². The Kier molecular flexibility index (Phi) is 3.66. The Balaban J connectivity index is 2.37. The molecule has 2 aliphatic rings. The summed E-state index contributed by atoms with van der Waals surface area (Å²) in [5.74, 6) is -1.88. The molecule has 1 unspecified atom stereocenters. The first kappa shape index (κ1) is 13.9. The van der Waals surface area contributed by atoms with Crippen LogP contribution in [0.4, 0.5) is 4.79 Å². The Morgan fingerprint density at radius 3 is 2.70 bits per heavy atom. The Hall–Kier alpha value is -2.49. The molecular weight excluding hydrogens is 260 g/mol. The number of dihydropyridines is 1. The van der Waals surface area contributed by atoms with Crippen molar-refractivity contribution in [1.82, 2.24) is 9.80 Å². The van der Waals surface area contributed by atoms with Gasteiger partial charge in [0.1, 0.15) is 23.4 Å². The first-order valence-electron chi connectivity index (χ1n) is 6.35. The average Bonchev–Trinajstić information content (AvgIpc) is 2.44. The van der Waals surface area contributed by atoms with E-state index in [4.69, 9.17) is 5.26 Å². The van der Waals surface area contributed by atoms with Gasteiger partial charge in [0.05, 0.1) is 0 Å². The van der Waals surface area contributed by atoms with E-state index in [1.165, 1.54) is 18.0 Å². The van der Waals surface area contributed by atoms with Crippen LogP contribution in [0, 0.1) is 17.2 Å². The maximum Gasteiger partial charge on any atom is 0.331 e. The van der Waals surface area contributed by atoms with Gasteiger partial charge in [0.2, 0.25) is 5.91 Å². The molecule has 1 fully saturated rings. The smallest absolute Gasteiger partial charge is 0.284 e. The molecule has 0 aromatic heterocycles. The molecule has 0 aromatic rings. The van der Waals surface area contributed by atoms with E-state index >= 15 is 0 Å². The third-order valence-electron chi connectivity index (χ3n) is 3.31. The summed E-state index contributed by atoms with van der Waals surface area (Å²) >= 11 is 0. The summed E-state index contributed by atoms with van der Waals surface area (Å²) in [4.78, 5) is 42.0. The van der Waals surface area contributed by atoms with Gasteiger partial charge in [0.15, 0.2) is 0 Å². The van der Waals surface area contributed by atoms with Crippen molar-refractivity contribution in [1.29, 1.82) is 5.26 Å². The lowest BCUT2D eigenvalue weighted by molar-refractivity contribution is -0.130. The van der Waals surface area contributed by atoms with Gasteiger partial charge in [-0.1, -0.05) is 13.3 Å². The summed E-state index contributed by atoms with van der Waals surface area (Å²) in [5, 5.41) is 8.85. The van der Waals surface area contributed by atoms with Crippen LogP contribution in [0.5, 0.6) is 0 Å². The van der Waals surface area contributed by atoms with Crippen molar-refractivity contribution in [3.63, 3.8) is 0 Å². The van der Waals surface area contributed by atoms with Gasteiger partial charge >= 0.3 is 6.03 Å². The number of fused-ring (bicyclic) bond motifs is 1. The van der Waals surface area contributed by atoms with Crippen molar-refractivity contribution in [3.05, 3.63) is 11.6 Å². The van der Waals surface area contributed by atoms with Gasteiger partial charge in [0, 0.05) is 13.6 Å². The van der Waals surface area contributed by atoms with Crippen LogP contribution in [0.25, 0.3) is 0 Å². The van der Waals surface area contributed by atoms with Crippen molar-refractivity contribution < 1.29 is 14.4 Å². The summed E-state index contributed by atoms with van der Waals surface area (Å²) in [6, 6.07) is 1.24. The molecule has 1 atom stereocenters. The third-order valence-corrected chi connectivity index (χ3v) is 3.31. The highest BCUT2D eigenvalue weighted by molar-refractivity contribution is 6.23. The average molecular weight is 274 g/mol. The maximum absolute atomic E-state index is 12.3. The third kappa shape index (κ3) is 2.09. The van der Waals surface area contributed by atoms with Crippen LogP contribution in [0.2, 0.25) is 0 Å². The van der Waals surface area contributed by atoms with Crippen molar-refractivity contribution >= 4 is 23.7 Å². The van der Waals surface area contributed by atoms with Crippen LogP contribution >= 0.6 is 0 Å². The minimum Gasteiger partial charge on any atom is -0.284 e. The topological polar surface area (TPSA) is 93.8 Å². The monoisotopic (exact) mass is 274 g/mol. The largest absolute Gasteiger partial charge is 0.331 e. The number of nitrogens with zero attached hydrogens (tertiary/aromatic N) is 4. The number of hydrogen-bond acceptors (Lipinski definition) is 4. The first-order chi connectivity index (χ1) is 9.51. The van der Waals surface area contributed by atoms with Crippen LogP contribution in [0.3, 0.4) is 0 Å². The van der Waals surface area contributed by atoms with Crippen molar-refractivity contribution in [2.75, 3.05) is 13.6 Å². The van der Waals surface area contributed by atoms with Gasteiger partial charge in [-0.25, -0.2) is 4.79 Å². The van der Waals surface area contributed by atoms with Crippen molar-refractivity contribution in [3.8, 4) is 6.07 Å². The Morgan fingerprint density at radius 1 is 1.40 bits per heavy atom. The number of rotatable bonds is 3. The van der Waals surface area contributed by atoms with Gasteiger partial charge < -0.3 is 0 Å². The molecule has 0 spiro atoms. The molecule has 104 valence electrons. The SMILES string of the molecule is CCCCN1C(=O)C2C=C(C#N)C(=O)N=C2N(C)C1=O. The van der Waals surface area contributed by atoms with E-state index in [-0.39, 0.29) is 11.4 Å². The zero-order valence-corrected chi connectivity index (χ0v) is 11.3. The van der Waals surface area contributed by atoms with Crippen LogP contribution in [-0.2, 0) is 9.59 Å².